The molecule has 1 aliphatic rings. The third-order valence-electron chi connectivity index (χ3n) is 3.27. The van der Waals surface area contributed by atoms with Crippen LogP contribution < -0.4 is 10.5 Å². The molecule has 0 saturated carbocycles. The van der Waals surface area contributed by atoms with E-state index in [0.717, 1.165) is 12.0 Å². The molecule has 1 unspecified atom stereocenters. The van der Waals surface area contributed by atoms with E-state index in [0.29, 0.717) is 17.3 Å². The van der Waals surface area contributed by atoms with Gasteiger partial charge in [0.05, 0.1) is 6.04 Å². The number of aliphatic imine (C=N–C) groups is 1. The van der Waals surface area contributed by atoms with Crippen molar-refractivity contribution in [1.29, 1.82) is 0 Å². The molecule has 0 radical (unpaired) electrons. The number of nitrogens with zero attached hydrogens (tertiary/aromatic N) is 1. The van der Waals surface area contributed by atoms with Gasteiger partial charge in [0.2, 0.25) is 0 Å². The lowest BCUT2D eigenvalue weighted by atomic mass is 10.0. The van der Waals surface area contributed by atoms with Gasteiger partial charge >= 0.3 is 0 Å². The zero-order chi connectivity index (χ0) is 14.7. The van der Waals surface area contributed by atoms with Crippen molar-refractivity contribution in [1.82, 2.24) is 0 Å². The molecule has 0 saturated heterocycles. The first-order valence-electron chi connectivity index (χ1n) is 6.74. The largest absolute Gasteiger partial charge is 0.457 e. The van der Waals surface area contributed by atoms with Gasteiger partial charge in [-0.3, -0.25) is 4.99 Å². The molecule has 2 N–H and O–H groups in total. The predicted molar refractivity (Wildman–Crippen MR) is 81.0 cm³/mol. The lowest BCUT2D eigenvalue weighted by Crippen LogP contribution is -2.13. The maximum atomic E-state index is 12.8. The molecule has 3 rings (SSSR count). The van der Waals surface area contributed by atoms with Crippen molar-refractivity contribution in [2.75, 3.05) is 0 Å². The normalized spacial score (nSPS) is 17.4. The number of rotatable bonds is 3. The van der Waals surface area contributed by atoms with Gasteiger partial charge in [-0.2, -0.15) is 0 Å². The second-order valence-electron chi connectivity index (χ2n) is 4.83. The highest BCUT2D eigenvalue weighted by atomic mass is 19.1. The van der Waals surface area contributed by atoms with E-state index in [4.69, 9.17) is 10.5 Å². The smallest absolute Gasteiger partial charge is 0.127 e. The van der Waals surface area contributed by atoms with Gasteiger partial charge in [0.1, 0.15) is 23.2 Å². The van der Waals surface area contributed by atoms with Crippen LogP contribution in [-0.4, -0.2) is 5.84 Å². The molecule has 0 fully saturated rings. The van der Waals surface area contributed by atoms with E-state index in [1.165, 1.54) is 12.1 Å². The summed E-state index contributed by atoms with van der Waals surface area (Å²) in [5.41, 5.74) is 6.81. The fourth-order valence-electron chi connectivity index (χ4n) is 2.20. The summed E-state index contributed by atoms with van der Waals surface area (Å²) in [5.74, 6) is 1.58. The lowest BCUT2D eigenvalue weighted by Gasteiger charge is -2.15. The number of halogens is 1. The van der Waals surface area contributed by atoms with Crippen molar-refractivity contribution in [2.24, 2.45) is 10.7 Å². The summed E-state index contributed by atoms with van der Waals surface area (Å²) in [5, 5.41) is 0. The van der Waals surface area contributed by atoms with Crippen LogP contribution in [0.15, 0.2) is 65.7 Å². The van der Waals surface area contributed by atoms with Gasteiger partial charge in [-0.15, -0.1) is 0 Å². The van der Waals surface area contributed by atoms with Crippen molar-refractivity contribution in [3.63, 3.8) is 0 Å². The molecular weight excluding hydrogens is 267 g/mol. The van der Waals surface area contributed by atoms with Crippen LogP contribution >= 0.6 is 0 Å². The predicted octanol–water partition coefficient (Wildman–Crippen LogP) is 3.98. The maximum absolute atomic E-state index is 12.8. The molecule has 106 valence electrons. The summed E-state index contributed by atoms with van der Waals surface area (Å²) < 4.78 is 18.5. The molecule has 0 amide bonds. The van der Waals surface area contributed by atoms with Crippen molar-refractivity contribution in [3.8, 4) is 11.5 Å². The molecule has 1 atom stereocenters. The average molecular weight is 282 g/mol. The van der Waals surface area contributed by atoms with Crippen LogP contribution in [0.25, 0.3) is 0 Å². The minimum absolute atomic E-state index is 0.0647. The highest BCUT2D eigenvalue weighted by molar-refractivity contribution is 5.92. The van der Waals surface area contributed by atoms with E-state index in [9.17, 15) is 4.39 Å². The number of dihydropyridines is 1. The average Bonchev–Trinajstić information content (AvgIpc) is 2.50. The van der Waals surface area contributed by atoms with Crippen LogP contribution in [0.3, 0.4) is 0 Å². The zero-order valence-corrected chi connectivity index (χ0v) is 11.4. The van der Waals surface area contributed by atoms with Crippen LogP contribution in [0.5, 0.6) is 11.5 Å². The van der Waals surface area contributed by atoms with Crippen molar-refractivity contribution in [3.05, 3.63) is 72.1 Å². The SMILES string of the molecule is NC1=NC(c2ccc(Oc3ccc(F)cc3)cc2)CC=C1. The van der Waals surface area contributed by atoms with Crippen LogP contribution in [0, 0.1) is 5.82 Å². The number of benzene rings is 2. The van der Waals surface area contributed by atoms with Crippen molar-refractivity contribution < 1.29 is 9.13 Å². The van der Waals surface area contributed by atoms with Gasteiger partial charge in [0.15, 0.2) is 0 Å². The van der Waals surface area contributed by atoms with Gasteiger partial charge in [-0.1, -0.05) is 18.2 Å². The molecule has 4 heteroatoms. The molecule has 1 aliphatic heterocycles. The fourth-order valence-corrected chi connectivity index (χ4v) is 2.20. The second-order valence-corrected chi connectivity index (χ2v) is 4.83. The summed E-state index contributed by atoms with van der Waals surface area (Å²) in [6.07, 6.45) is 4.69. The van der Waals surface area contributed by atoms with E-state index in [2.05, 4.69) is 4.99 Å². The van der Waals surface area contributed by atoms with Crippen LogP contribution in [0.4, 0.5) is 4.39 Å². The molecule has 0 aromatic heterocycles. The third kappa shape index (κ3) is 3.28. The van der Waals surface area contributed by atoms with Crippen LogP contribution in [-0.2, 0) is 0 Å². The highest BCUT2D eigenvalue weighted by Gasteiger charge is 2.12. The third-order valence-corrected chi connectivity index (χ3v) is 3.27. The maximum Gasteiger partial charge on any atom is 0.127 e. The molecule has 0 spiro atoms. The monoisotopic (exact) mass is 282 g/mol. The Morgan fingerprint density at radius 3 is 2.24 bits per heavy atom. The van der Waals surface area contributed by atoms with Crippen LogP contribution in [0.1, 0.15) is 18.0 Å². The Balaban J connectivity index is 1.72. The van der Waals surface area contributed by atoms with Gasteiger partial charge in [-0.25, -0.2) is 4.39 Å². The molecule has 2 aromatic rings. The number of hydrogen-bond acceptors (Lipinski definition) is 3. The number of amidine groups is 1. The molecule has 1 heterocycles. The fraction of sp³-hybridized carbons (Fsp3) is 0.118. The first kappa shape index (κ1) is 13.4. The summed E-state index contributed by atoms with van der Waals surface area (Å²) >= 11 is 0. The molecule has 0 aliphatic carbocycles. The molecular formula is C17H15FN2O. The topological polar surface area (TPSA) is 47.6 Å². The standard InChI is InChI=1S/C17H15FN2O/c18-13-6-10-15(11-7-13)21-14-8-4-12(5-9-14)16-2-1-3-17(19)20-16/h1,3-11,16H,2H2,(H2,19,20). The van der Waals surface area contributed by atoms with Crippen molar-refractivity contribution in [2.45, 2.75) is 12.5 Å². The van der Waals surface area contributed by atoms with Crippen LogP contribution in [0.2, 0.25) is 0 Å². The van der Waals surface area contributed by atoms with Crippen molar-refractivity contribution >= 4 is 5.84 Å². The summed E-state index contributed by atoms with van der Waals surface area (Å²) in [6, 6.07) is 13.7. The summed E-state index contributed by atoms with van der Waals surface area (Å²) in [4.78, 5) is 4.40. The Bertz CT molecular complexity index is 675. The molecule has 21 heavy (non-hydrogen) atoms. The number of hydrogen-bond donors (Lipinski definition) is 1. The first-order chi connectivity index (χ1) is 10.2. The molecule has 0 bridgehead atoms. The van der Waals surface area contributed by atoms with Gasteiger partial charge in [0, 0.05) is 0 Å². The zero-order valence-electron chi connectivity index (χ0n) is 11.4. The highest BCUT2D eigenvalue weighted by Crippen LogP contribution is 2.28. The summed E-state index contributed by atoms with van der Waals surface area (Å²) in [7, 11) is 0. The van der Waals surface area contributed by atoms with Gasteiger partial charge in [-0.05, 0) is 54.5 Å². The Morgan fingerprint density at radius 2 is 1.62 bits per heavy atom. The Labute approximate surface area is 122 Å². The minimum Gasteiger partial charge on any atom is -0.457 e. The summed E-state index contributed by atoms with van der Waals surface area (Å²) in [6.45, 7) is 0. The second kappa shape index (κ2) is 5.79. The Morgan fingerprint density at radius 1 is 1.00 bits per heavy atom. The minimum atomic E-state index is -0.279. The molecule has 2 aromatic carbocycles. The van der Waals surface area contributed by atoms with E-state index >= 15 is 0 Å². The van der Waals surface area contributed by atoms with E-state index in [-0.39, 0.29) is 11.9 Å². The van der Waals surface area contributed by atoms with E-state index in [1.54, 1.807) is 12.1 Å². The Kier molecular flexibility index (Phi) is 3.69. The van der Waals surface area contributed by atoms with E-state index in [1.807, 2.05) is 36.4 Å². The molecule has 3 nitrogen and oxygen atoms in total. The lowest BCUT2D eigenvalue weighted by molar-refractivity contribution is 0.480. The first-order valence-corrected chi connectivity index (χ1v) is 6.74. The quantitative estimate of drug-likeness (QED) is 0.925. The van der Waals surface area contributed by atoms with Gasteiger partial charge < -0.3 is 10.5 Å². The van der Waals surface area contributed by atoms with Gasteiger partial charge in [0.25, 0.3) is 0 Å². The number of ether oxygens (including phenoxy) is 1. The Hall–Kier alpha value is -2.62. The van der Waals surface area contributed by atoms with E-state index < -0.39 is 0 Å². The number of nitrogens with two attached hydrogens (primary N) is 1.